The monoisotopic (exact) mass is 223 g/mol. The summed E-state index contributed by atoms with van der Waals surface area (Å²) in [5, 5.41) is 19.7. The van der Waals surface area contributed by atoms with Gasteiger partial charge >= 0.3 is 5.97 Å². The molecule has 0 aliphatic carbocycles. The van der Waals surface area contributed by atoms with Crippen LogP contribution in [0.2, 0.25) is 0 Å². The molecule has 1 aromatic rings. The van der Waals surface area contributed by atoms with Crippen LogP contribution in [-0.2, 0) is 4.79 Å². The molecule has 0 spiro atoms. The van der Waals surface area contributed by atoms with E-state index in [2.05, 4.69) is 0 Å². The number of aliphatic carboxylic acids is 1. The van der Waals surface area contributed by atoms with Crippen LogP contribution < -0.4 is 0 Å². The minimum absolute atomic E-state index is 0.0304. The number of nitrogens with zero attached hydrogens (tertiary/aromatic N) is 1. The number of aryl methyl sites for hydroxylation is 1. The van der Waals surface area contributed by atoms with E-state index in [9.17, 15) is 14.9 Å². The van der Waals surface area contributed by atoms with Gasteiger partial charge in [0.25, 0.3) is 5.69 Å². The quantitative estimate of drug-likeness (QED) is 0.628. The van der Waals surface area contributed by atoms with Crippen molar-refractivity contribution in [3.8, 4) is 0 Å². The van der Waals surface area contributed by atoms with E-state index >= 15 is 0 Å². The molecule has 0 saturated heterocycles. The number of rotatable bonds is 4. The topological polar surface area (TPSA) is 80.4 Å². The van der Waals surface area contributed by atoms with Crippen molar-refractivity contribution in [2.75, 3.05) is 0 Å². The Labute approximate surface area is 92.9 Å². The molecule has 0 aromatic heterocycles. The second kappa shape index (κ2) is 4.74. The number of nitro benzene ring substituents is 1. The average molecular weight is 223 g/mol. The molecule has 1 atom stereocenters. The summed E-state index contributed by atoms with van der Waals surface area (Å²) < 4.78 is 0. The van der Waals surface area contributed by atoms with Crippen molar-refractivity contribution in [3.63, 3.8) is 0 Å². The third-order valence-corrected chi connectivity index (χ3v) is 2.54. The van der Waals surface area contributed by atoms with Gasteiger partial charge in [-0.2, -0.15) is 0 Å². The third kappa shape index (κ3) is 2.36. The molecule has 0 heterocycles. The van der Waals surface area contributed by atoms with Gasteiger partial charge in [-0.05, 0) is 18.9 Å². The van der Waals surface area contributed by atoms with Gasteiger partial charge in [-0.25, -0.2) is 0 Å². The van der Waals surface area contributed by atoms with Crippen LogP contribution in [0.1, 0.15) is 30.4 Å². The van der Waals surface area contributed by atoms with Crippen LogP contribution in [0.25, 0.3) is 0 Å². The van der Waals surface area contributed by atoms with Crippen molar-refractivity contribution in [1.82, 2.24) is 0 Å². The first kappa shape index (κ1) is 12.2. The summed E-state index contributed by atoms with van der Waals surface area (Å²) in [4.78, 5) is 21.1. The van der Waals surface area contributed by atoms with E-state index in [0.29, 0.717) is 17.5 Å². The standard InChI is InChI=1S/C11H13NO4/c1-3-9(11(13)14)8-5-4-7(2)10(6-8)12(15)16/h4-6,9H,3H2,1-2H3,(H,13,14). The molecular formula is C11H13NO4. The maximum absolute atomic E-state index is 10.9. The van der Waals surface area contributed by atoms with Crippen LogP contribution >= 0.6 is 0 Å². The van der Waals surface area contributed by atoms with Gasteiger partial charge in [0.15, 0.2) is 0 Å². The molecule has 5 heteroatoms. The maximum atomic E-state index is 10.9. The Morgan fingerprint density at radius 2 is 2.19 bits per heavy atom. The molecule has 1 rings (SSSR count). The minimum Gasteiger partial charge on any atom is -0.481 e. The van der Waals surface area contributed by atoms with Crippen molar-refractivity contribution in [3.05, 3.63) is 39.4 Å². The van der Waals surface area contributed by atoms with E-state index in [0.717, 1.165) is 0 Å². The Morgan fingerprint density at radius 1 is 1.56 bits per heavy atom. The number of carboxylic acids is 1. The van der Waals surface area contributed by atoms with Gasteiger partial charge in [0, 0.05) is 11.6 Å². The first-order chi connectivity index (χ1) is 7.47. The molecule has 1 aromatic carbocycles. The summed E-state index contributed by atoms with van der Waals surface area (Å²) in [5.41, 5.74) is 0.985. The maximum Gasteiger partial charge on any atom is 0.310 e. The Hall–Kier alpha value is -1.91. The number of nitro groups is 1. The smallest absolute Gasteiger partial charge is 0.310 e. The van der Waals surface area contributed by atoms with Crippen molar-refractivity contribution in [1.29, 1.82) is 0 Å². The van der Waals surface area contributed by atoms with E-state index < -0.39 is 16.8 Å². The normalized spacial score (nSPS) is 12.1. The molecule has 0 fully saturated rings. The van der Waals surface area contributed by atoms with Crippen molar-refractivity contribution in [2.24, 2.45) is 0 Å². The molecule has 86 valence electrons. The van der Waals surface area contributed by atoms with Gasteiger partial charge in [0.2, 0.25) is 0 Å². The average Bonchev–Trinajstić information content (AvgIpc) is 2.20. The Morgan fingerprint density at radius 3 is 2.62 bits per heavy atom. The molecule has 0 aliphatic rings. The second-order valence-corrected chi connectivity index (χ2v) is 3.60. The molecule has 0 bridgehead atoms. The van der Waals surface area contributed by atoms with Crippen LogP contribution in [-0.4, -0.2) is 16.0 Å². The van der Waals surface area contributed by atoms with E-state index in [1.807, 2.05) is 0 Å². The molecule has 0 aliphatic heterocycles. The molecule has 5 nitrogen and oxygen atoms in total. The Bertz CT molecular complexity index is 428. The van der Waals surface area contributed by atoms with Crippen molar-refractivity contribution < 1.29 is 14.8 Å². The van der Waals surface area contributed by atoms with E-state index in [1.165, 1.54) is 6.07 Å². The van der Waals surface area contributed by atoms with Crippen LogP contribution in [0, 0.1) is 17.0 Å². The van der Waals surface area contributed by atoms with Crippen LogP contribution in [0.15, 0.2) is 18.2 Å². The summed E-state index contributed by atoms with van der Waals surface area (Å²) in [5.74, 6) is -1.64. The number of hydrogen-bond acceptors (Lipinski definition) is 3. The molecule has 16 heavy (non-hydrogen) atoms. The lowest BCUT2D eigenvalue weighted by molar-refractivity contribution is -0.385. The zero-order valence-electron chi connectivity index (χ0n) is 9.14. The lowest BCUT2D eigenvalue weighted by Crippen LogP contribution is -2.10. The van der Waals surface area contributed by atoms with Gasteiger partial charge in [-0.1, -0.05) is 19.1 Å². The third-order valence-electron chi connectivity index (χ3n) is 2.54. The number of benzene rings is 1. The van der Waals surface area contributed by atoms with Gasteiger partial charge in [-0.15, -0.1) is 0 Å². The Kier molecular flexibility index (Phi) is 3.60. The van der Waals surface area contributed by atoms with Gasteiger partial charge in [0.05, 0.1) is 10.8 Å². The van der Waals surface area contributed by atoms with Gasteiger partial charge < -0.3 is 5.11 Å². The highest BCUT2D eigenvalue weighted by Gasteiger charge is 2.21. The number of carbonyl (C=O) groups is 1. The molecule has 0 amide bonds. The lowest BCUT2D eigenvalue weighted by atomic mass is 9.95. The first-order valence-corrected chi connectivity index (χ1v) is 4.95. The fourth-order valence-electron chi connectivity index (χ4n) is 1.59. The van der Waals surface area contributed by atoms with Crippen molar-refractivity contribution >= 4 is 11.7 Å². The highest BCUT2D eigenvalue weighted by Crippen LogP contribution is 2.26. The fourth-order valence-corrected chi connectivity index (χ4v) is 1.59. The highest BCUT2D eigenvalue weighted by atomic mass is 16.6. The molecule has 0 saturated carbocycles. The molecular weight excluding hydrogens is 210 g/mol. The first-order valence-electron chi connectivity index (χ1n) is 4.95. The summed E-state index contributed by atoms with van der Waals surface area (Å²) in [6, 6.07) is 4.56. The van der Waals surface area contributed by atoms with E-state index in [4.69, 9.17) is 5.11 Å². The second-order valence-electron chi connectivity index (χ2n) is 3.60. The predicted molar refractivity (Wildman–Crippen MR) is 58.5 cm³/mol. The summed E-state index contributed by atoms with van der Waals surface area (Å²) >= 11 is 0. The summed E-state index contributed by atoms with van der Waals surface area (Å²) in [6.45, 7) is 3.37. The minimum atomic E-state index is -0.958. The lowest BCUT2D eigenvalue weighted by Gasteiger charge is -2.10. The Balaban J connectivity index is 3.21. The molecule has 0 radical (unpaired) electrons. The fraction of sp³-hybridized carbons (Fsp3) is 0.364. The SMILES string of the molecule is CCC(C(=O)O)c1ccc(C)c([N+](=O)[O-])c1. The van der Waals surface area contributed by atoms with Crippen molar-refractivity contribution in [2.45, 2.75) is 26.2 Å². The van der Waals surface area contributed by atoms with E-state index in [1.54, 1.807) is 26.0 Å². The van der Waals surface area contributed by atoms with E-state index in [-0.39, 0.29) is 5.69 Å². The number of carboxylic acid groups (broad SMARTS) is 1. The highest BCUT2D eigenvalue weighted by molar-refractivity contribution is 5.76. The van der Waals surface area contributed by atoms with Gasteiger partial charge in [-0.3, -0.25) is 14.9 Å². The van der Waals surface area contributed by atoms with Crippen LogP contribution in [0.4, 0.5) is 5.69 Å². The molecule has 1 unspecified atom stereocenters. The van der Waals surface area contributed by atoms with Crippen LogP contribution in [0.3, 0.4) is 0 Å². The zero-order chi connectivity index (χ0) is 12.3. The van der Waals surface area contributed by atoms with Gasteiger partial charge in [0.1, 0.15) is 0 Å². The predicted octanol–water partition coefficient (Wildman–Crippen LogP) is 2.48. The largest absolute Gasteiger partial charge is 0.481 e. The number of hydrogen-bond donors (Lipinski definition) is 1. The van der Waals surface area contributed by atoms with Crippen LogP contribution in [0.5, 0.6) is 0 Å². The zero-order valence-corrected chi connectivity index (χ0v) is 9.14. The summed E-state index contributed by atoms with van der Waals surface area (Å²) in [6.07, 6.45) is 0.412. The molecule has 1 N–H and O–H groups in total. The summed E-state index contributed by atoms with van der Waals surface area (Å²) in [7, 11) is 0.